The van der Waals surface area contributed by atoms with Gasteiger partial charge in [0.1, 0.15) is 24.3 Å². The molecule has 0 fully saturated rings. The summed E-state index contributed by atoms with van der Waals surface area (Å²) >= 11 is 0. The zero-order valence-electron chi connectivity index (χ0n) is 22.5. The lowest BCUT2D eigenvalue weighted by Gasteiger charge is -2.17. The molecule has 0 amide bonds. The third-order valence-corrected chi connectivity index (χ3v) is 8.40. The van der Waals surface area contributed by atoms with Crippen LogP contribution in [0.3, 0.4) is 0 Å². The number of aromatic nitrogens is 1. The number of nitrogens with zero attached hydrogens (tertiary/aromatic N) is 2. The van der Waals surface area contributed by atoms with E-state index in [4.69, 9.17) is 14.5 Å². The predicted octanol–water partition coefficient (Wildman–Crippen LogP) is 4.80. The van der Waals surface area contributed by atoms with E-state index in [1.807, 2.05) is 23.6 Å². The molecule has 0 unspecified atom stereocenters. The summed E-state index contributed by atoms with van der Waals surface area (Å²) in [5.41, 5.74) is 2.00. The van der Waals surface area contributed by atoms with Crippen molar-refractivity contribution in [2.75, 3.05) is 30.7 Å². The van der Waals surface area contributed by atoms with Crippen LogP contribution in [0.5, 0.6) is 0 Å². The van der Waals surface area contributed by atoms with Crippen molar-refractivity contribution in [2.45, 2.75) is 43.9 Å². The highest BCUT2D eigenvalue weighted by Gasteiger charge is 2.19. The van der Waals surface area contributed by atoms with E-state index in [9.17, 15) is 31.4 Å². The van der Waals surface area contributed by atoms with Crippen LogP contribution in [0.25, 0.3) is 33.3 Å². The molecule has 41 heavy (non-hydrogen) atoms. The minimum atomic E-state index is -4.47. The fourth-order valence-corrected chi connectivity index (χ4v) is 5.72. The lowest BCUT2D eigenvalue weighted by Crippen LogP contribution is -2.31. The Balaban J connectivity index is 1.77. The van der Waals surface area contributed by atoms with Gasteiger partial charge in [-0.15, -0.1) is 0 Å². The maximum atomic E-state index is 11.9. The second-order valence-corrected chi connectivity index (χ2v) is 12.8. The Bertz CT molecular complexity index is 1710. The zero-order valence-corrected chi connectivity index (χ0v) is 24.1. The highest BCUT2D eigenvalue weighted by atomic mass is 32.3. The fourth-order valence-electron chi connectivity index (χ4n) is 4.70. The summed E-state index contributed by atoms with van der Waals surface area (Å²) in [4.78, 5) is 15.2. The van der Waals surface area contributed by atoms with Crippen molar-refractivity contribution in [3.05, 3.63) is 47.8 Å². The van der Waals surface area contributed by atoms with E-state index in [1.54, 1.807) is 18.2 Å². The Kier molecular flexibility index (Phi) is 9.51. The number of carbonyl (C=O) groups is 1. The van der Waals surface area contributed by atoms with Crippen LogP contribution in [0.4, 0.5) is 5.69 Å². The lowest BCUT2D eigenvalue weighted by molar-refractivity contribution is -0.137. The van der Waals surface area contributed by atoms with E-state index >= 15 is 0 Å². The monoisotopic (exact) mass is 608 g/mol. The Labute approximate surface area is 238 Å². The molecule has 0 spiro atoms. The Morgan fingerprint density at radius 2 is 1.76 bits per heavy atom. The minimum absolute atomic E-state index is 0.110. The molecule has 0 atom stereocenters. The number of carboxylic acids is 1. The minimum Gasteiger partial charge on any atom is -0.481 e. The molecule has 1 aliphatic heterocycles. The largest absolute Gasteiger partial charge is 0.481 e. The molecule has 222 valence electrons. The van der Waals surface area contributed by atoms with Crippen molar-refractivity contribution in [1.29, 1.82) is 0 Å². The Hall–Kier alpha value is -3.27. The fraction of sp³-hybridized carbons (Fsp3) is 0.370. The topological polar surface area (TPSA) is 193 Å². The van der Waals surface area contributed by atoms with Crippen LogP contribution in [-0.2, 0) is 14.9 Å². The number of nitrogens with one attached hydrogen (secondary N) is 1. The first-order valence-corrected chi connectivity index (χ1v) is 16.3. The van der Waals surface area contributed by atoms with E-state index in [2.05, 4.69) is 5.32 Å². The number of carboxylic acid groups (broad SMARTS) is 1. The summed E-state index contributed by atoms with van der Waals surface area (Å²) in [7, 11) is -8.02. The molecule has 4 rings (SSSR count). The van der Waals surface area contributed by atoms with Gasteiger partial charge in [0.15, 0.2) is 11.3 Å². The first-order chi connectivity index (χ1) is 19.4. The number of hydrogen-bond donors (Lipinski definition) is 6. The van der Waals surface area contributed by atoms with Gasteiger partial charge in [-0.2, -0.15) is 8.42 Å². The first kappa shape index (κ1) is 30.7. The van der Waals surface area contributed by atoms with E-state index < -0.39 is 27.0 Å². The van der Waals surface area contributed by atoms with Crippen molar-refractivity contribution in [3.8, 4) is 11.5 Å². The Morgan fingerprint density at radius 3 is 2.44 bits per heavy atom. The van der Waals surface area contributed by atoms with Gasteiger partial charge in [-0.1, -0.05) is 12.5 Å². The summed E-state index contributed by atoms with van der Waals surface area (Å²) in [6.45, 7) is 3.61. The summed E-state index contributed by atoms with van der Waals surface area (Å²) < 4.78 is 69.5. The molecule has 12 nitrogen and oxygen atoms in total. The van der Waals surface area contributed by atoms with Crippen molar-refractivity contribution in [2.24, 2.45) is 0 Å². The standard InChI is InChI=1S/C27H33N3O9S2/c1-2-30(13-6-14-40(33,34)35)18-8-11-22-24(15-18)39-25-17-23(28-12-5-3-4-7-26(31)32)20-10-9-19(41(36,37)38)16-21(20)27(25)29-22/h8-11,15-17H,2-7,12-14H2,1H3,(H5,31,32,33,34,35,36,37,38)/p+1. The number of aliphatic carboxylic acids is 1. The molecule has 0 saturated heterocycles. The molecule has 14 heteroatoms. The molecular formula is C27H34N3O9S2+. The van der Waals surface area contributed by atoms with Gasteiger partial charge in [0, 0.05) is 48.0 Å². The zero-order chi connectivity index (χ0) is 29.8. The van der Waals surface area contributed by atoms with Gasteiger partial charge in [-0.25, -0.2) is 9.56 Å². The van der Waals surface area contributed by atoms with Crippen molar-refractivity contribution in [1.82, 2.24) is 9.56 Å². The maximum Gasteiger partial charge on any atom is 0.303 e. The summed E-state index contributed by atoms with van der Waals surface area (Å²) in [6, 6.07) is 11.5. The SMILES string of the molecule is CC[N+](CCCS(O)(O)O)=c1ccc2nc3c(cc(NCCCCCC(=O)O)c4ccc(S(=O)(=O)O)cc43)oc-2c1. The number of rotatable bonds is 13. The van der Waals surface area contributed by atoms with Crippen LogP contribution >= 0.6 is 10.9 Å². The first-order valence-electron chi connectivity index (χ1n) is 13.2. The van der Waals surface area contributed by atoms with Crippen LogP contribution in [-0.4, -0.2) is 68.1 Å². The van der Waals surface area contributed by atoms with E-state index in [0.717, 1.165) is 18.2 Å². The lowest BCUT2D eigenvalue weighted by atomic mass is 10.1. The van der Waals surface area contributed by atoms with Crippen LogP contribution in [0, 0.1) is 0 Å². The molecule has 2 aromatic rings. The van der Waals surface area contributed by atoms with Crippen LogP contribution in [0.1, 0.15) is 39.0 Å². The molecule has 2 aliphatic rings. The van der Waals surface area contributed by atoms with E-state index in [-0.39, 0.29) is 17.1 Å². The molecule has 0 bridgehead atoms. The smallest absolute Gasteiger partial charge is 0.303 e. The number of hydrogen-bond acceptors (Lipinski definition) is 9. The molecule has 0 radical (unpaired) electrons. The molecule has 0 aromatic heterocycles. The van der Waals surface area contributed by atoms with Gasteiger partial charge < -0.3 is 28.5 Å². The second kappa shape index (κ2) is 12.7. The van der Waals surface area contributed by atoms with Gasteiger partial charge in [0.25, 0.3) is 10.1 Å². The highest BCUT2D eigenvalue weighted by Crippen LogP contribution is 2.35. The van der Waals surface area contributed by atoms with Gasteiger partial charge in [-0.05, 0) is 38.0 Å². The quantitative estimate of drug-likeness (QED) is 0.0401. The van der Waals surface area contributed by atoms with Gasteiger partial charge in [0.2, 0.25) is 5.36 Å². The molecule has 1 aliphatic carbocycles. The molecule has 1 heterocycles. The van der Waals surface area contributed by atoms with Crippen molar-refractivity contribution < 1.29 is 40.9 Å². The van der Waals surface area contributed by atoms with Crippen LogP contribution in [0.2, 0.25) is 0 Å². The average molecular weight is 609 g/mol. The summed E-state index contributed by atoms with van der Waals surface area (Å²) in [5, 5.41) is 14.1. The molecule has 0 saturated carbocycles. The summed E-state index contributed by atoms with van der Waals surface area (Å²) in [5.74, 6) is -0.477. The molecule has 6 N–H and O–H groups in total. The Morgan fingerprint density at radius 1 is 0.976 bits per heavy atom. The van der Waals surface area contributed by atoms with Crippen molar-refractivity contribution in [3.63, 3.8) is 0 Å². The van der Waals surface area contributed by atoms with Gasteiger partial charge in [0.05, 0.1) is 27.6 Å². The van der Waals surface area contributed by atoms with Gasteiger partial charge in [-0.3, -0.25) is 9.35 Å². The third kappa shape index (κ3) is 7.93. The molecule has 2 aromatic carbocycles. The number of anilines is 1. The third-order valence-electron chi connectivity index (χ3n) is 6.71. The number of fused-ring (bicyclic) bond motifs is 4. The summed E-state index contributed by atoms with van der Waals surface area (Å²) in [6.07, 6.45) is 2.49. The predicted molar refractivity (Wildman–Crippen MR) is 158 cm³/mol. The van der Waals surface area contributed by atoms with E-state index in [1.165, 1.54) is 12.1 Å². The number of benzene rings is 3. The van der Waals surface area contributed by atoms with Crippen molar-refractivity contribution >= 4 is 54.5 Å². The van der Waals surface area contributed by atoms with Crippen LogP contribution in [0.15, 0.2) is 51.8 Å². The highest BCUT2D eigenvalue weighted by molar-refractivity contribution is 8.19. The van der Waals surface area contributed by atoms with Crippen LogP contribution < -0.4 is 15.2 Å². The normalized spacial score (nSPS) is 13.6. The number of unbranched alkanes of at least 4 members (excludes halogenated alkanes) is 2. The second-order valence-electron chi connectivity index (χ2n) is 9.72. The average Bonchev–Trinajstić information content (AvgIpc) is 2.90. The maximum absolute atomic E-state index is 11.9. The molecular weight excluding hydrogens is 574 g/mol. The van der Waals surface area contributed by atoms with E-state index in [0.29, 0.717) is 71.5 Å². The van der Waals surface area contributed by atoms with Gasteiger partial charge >= 0.3 is 5.97 Å².